The van der Waals surface area contributed by atoms with Crippen molar-refractivity contribution in [1.82, 2.24) is 20.0 Å². The Kier molecular flexibility index (Phi) is 9.62. The number of benzene rings is 1. The van der Waals surface area contributed by atoms with Crippen molar-refractivity contribution < 1.29 is 33.4 Å². The molecule has 196 valence electrons. The van der Waals surface area contributed by atoms with Crippen molar-refractivity contribution >= 4 is 35.5 Å². The number of esters is 1. The summed E-state index contributed by atoms with van der Waals surface area (Å²) >= 11 is 0. The van der Waals surface area contributed by atoms with Crippen molar-refractivity contribution in [1.29, 1.82) is 0 Å². The number of hydrogen-bond donors (Lipinski definition) is 2. The van der Waals surface area contributed by atoms with E-state index in [1.165, 1.54) is 4.90 Å². The van der Waals surface area contributed by atoms with Crippen LogP contribution in [-0.4, -0.2) is 110 Å². The lowest BCUT2D eigenvalue weighted by Gasteiger charge is -2.38. The van der Waals surface area contributed by atoms with Crippen molar-refractivity contribution in [3.05, 3.63) is 29.8 Å². The van der Waals surface area contributed by atoms with Crippen molar-refractivity contribution in [3.63, 3.8) is 0 Å². The largest absolute Gasteiger partial charge is 0.462 e. The average Bonchev–Trinajstić information content (AvgIpc) is 2.86. The first-order valence-electron chi connectivity index (χ1n) is 12.1. The number of piperazine rings is 2. The van der Waals surface area contributed by atoms with E-state index >= 15 is 0 Å². The van der Waals surface area contributed by atoms with Crippen LogP contribution in [0.3, 0.4) is 0 Å². The summed E-state index contributed by atoms with van der Waals surface area (Å²) in [5.74, 6) is -1.51. The van der Waals surface area contributed by atoms with Gasteiger partial charge in [0.25, 0.3) is 0 Å². The molecule has 2 aliphatic heterocycles. The summed E-state index contributed by atoms with van der Waals surface area (Å²) in [5, 5.41) is 5.42. The average molecular weight is 504 g/mol. The third kappa shape index (κ3) is 7.17. The minimum atomic E-state index is -0.925. The number of nitrogens with zero attached hydrogens (tertiary/aromatic N) is 3. The molecule has 2 N–H and O–H groups in total. The zero-order valence-electron chi connectivity index (χ0n) is 20.7. The fourth-order valence-corrected chi connectivity index (χ4v) is 4.09. The lowest BCUT2D eigenvalue weighted by Crippen LogP contribution is -2.60. The summed E-state index contributed by atoms with van der Waals surface area (Å²) in [6.45, 7) is 6.68. The SMILES string of the molecule is CCOC(=O)c1ccc(NC(=O)C[C@@H]2C(=O)NCCN2C(=O)CN2CCN(C(=O)OCC)CC2)cc1. The minimum absolute atomic E-state index is 0.0946. The Balaban J connectivity index is 1.54. The van der Waals surface area contributed by atoms with Gasteiger partial charge in [0.05, 0.1) is 31.7 Å². The monoisotopic (exact) mass is 503 g/mol. The molecule has 0 saturated carbocycles. The Labute approximate surface area is 209 Å². The van der Waals surface area contributed by atoms with Gasteiger partial charge in [0.15, 0.2) is 0 Å². The smallest absolute Gasteiger partial charge is 0.409 e. The van der Waals surface area contributed by atoms with E-state index in [0.717, 1.165) is 0 Å². The maximum atomic E-state index is 13.1. The van der Waals surface area contributed by atoms with Crippen LogP contribution in [0, 0.1) is 0 Å². The second kappa shape index (κ2) is 12.9. The van der Waals surface area contributed by atoms with E-state index in [0.29, 0.717) is 57.1 Å². The van der Waals surface area contributed by atoms with E-state index in [2.05, 4.69) is 10.6 Å². The van der Waals surface area contributed by atoms with Crippen molar-refractivity contribution in [2.24, 2.45) is 0 Å². The summed E-state index contributed by atoms with van der Waals surface area (Å²) in [4.78, 5) is 66.9. The van der Waals surface area contributed by atoms with Gasteiger partial charge >= 0.3 is 12.1 Å². The summed E-state index contributed by atoms with van der Waals surface area (Å²) in [6.07, 6.45) is -0.564. The number of carbonyl (C=O) groups is 5. The Morgan fingerprint density at radius 1 is 0.972 bits per heavy atom. The van der Waals surface area contributed by atoms with Crippen molar-refractivity contribution in [2.75, 3.05) is 64.3 Å². The van der Waals surface area contributed by atoms with Gasteiger partial charge in [-0.05, 0) is 38.1 Å². The normalized spacial score (nSPS) is 18.3. The summed E-state index contributed by atoms with van der Waals surface area (Å²) in [6, 6.07) is 5.30. The van der Waals surface area contributed by atoms with Crippen LogP contribution in [0.4, 0.5) is 10.5 Å². The Morgan fingerprint density at radius 2 is 1.64 bits per heavy atom. The highest BCUT2D eigenvalue weighted by atomic mass is 16.6. The Hall–Kier alpha value is -3.67. The van der Waals surface area contributed by atoms with Crippen LogP contribution >= 0.6 is 0 Å². The highest BCUT2D eigenvalue weighted by Gasteiger charge is 2.35. The van der Waals surface area contributed by atoms with Crippen LogP contribution < -0.4 is 10.6 Å². The van der Waals surface area contributed by atoms with Gasteiger partial charge in [0.2, 0.25) is 17.7 Å². The maximum Gasteiger partial charge on any atom is 0.409 e. The quantitative estimate of drug-likeness (QED) is 0.483. The van der Waals surface area contributed by atoms with Crippen LogP contribution in [0.15, 0.2) is 24.3 Å². The van der Waals surface area contributed by atoms with E-state index in [1.54, 1.807) is 43.0 Å². The van der Waals surface area contributed by atoms with Gasteiger partial charge in [-0.25, -0.2) is 9.59 Å². The van der Waals surface area contributed by atoms with Gasteiger partial charge in [0, 0.05) is 45.0 Å². The molecule has 1 aromatic rings. The number of ether oxygens (including phenoxy) is 2. The molecular weight excluding hydrogens is 470 g/mol. The standard InChI is InChI=1S/C24H33N5O7/c1-3-35-23(33)17-5-7-18(8-6-17)26-20(30)15-19-22(32)25-9-10-29(19)21(31)16-27-11-13-28(14-12-27)24(34)36-4-2/h5-8,19H,3-4,9-16H2,1-2H3,(H,25,32)(H,26,30)/t19-/m1/s1. The molecule has 0 bridgehead atoms. The number of hydrogen-bond acceptors (Lipinski definition) is 8. The van der Waals surface area contributed by atoms with E-state index in [9.17, 15) is 24.0 Å². The third-order valence-corrected chi connectivity index (χ3v) is 5.97. The molecular formula is C24H33N5O7. The first-order valence-corrected chi connectivity index (χ1v) is 12.1. The minimum Gasteiger partial charge on any atom is -0.462 e. The molecule has 0 aromatic heterocycles. The molecule has 4 amide bonds. The predicted molar refractivity (Wildman–Crippen MR) is 129 cm³/mol. The van der Waals surface area contributed by atoms with Gasteiger partial charge in [-0.3, -0.25) is 19.3 Å². The van der Waals surface area contributed by atoms with E-state index in [4.69, 9.17) is 9.47 Å². The number of anilines is 1. The molecule has 2 saturated heterocycles. The van der Waals surface area contributed by atoms with E-state index < -0.39 is 17.9 Å². The molecule has 1 atom stereocenters. The zero-order valence-corrected chi connectivity index (χ0v) is 20.7. The van der Waals surface area contributed by atoms with E-state index in [1.807, 2.05) is 4.90 Å². The van der Waals surface area contributed by atoms with Crippen LogP contribution in [0.5, 0.6) is 0 Å². The van der Waals surface area contributed by atoms with Gasteiger partial charge in [0.1, 0.15) is 6.04 Å². The molecule has 1 aromatic carbocycles. The number of nitrogens with one attached hydrogen (secondary N) is 2. The molecule has 0 radical (unpaired) electrons. The van der Waals surface area contributed by atoms with Crippen molar-refractivity contribution in [2.45, 2.75) is 26.3 Å². The molecule has 2 heterocycles. The molecule has 0 unspecified atom stereocenters. The van der Waals surface area contributed by atoms with E-state index in [-0.39, 0.29) is 37.5 Å². The van der Waals surface area contributed by atoms with Gasteiger partial charge in [-0.1, -0.05) is 0 Å². The fraction of sp³-hybridized carbons (Fsp3) is 0.542. The predicted octanol–water partition coefficient (Wildman–Crippen LogP) is 0.293. The summed E-state index contributed by atoms with van der Waals surface area (Å²) in [5.41, 5.74) is 0.822. The Bertz CT molecular complexity index is 960. The number of amides is 4. The lowest BCUT2D eigenvalue weighted by molar-refractivity contribution is -0.145. The second-order valence-corrected chi connectivity index (χ2v) is 8.41. The number of rotatable bonds is 8. The molecule has 2 fully saturated rings. The topological polar surface area (TPSA) is 138 Å². The van der Waals surface area contributed by atoms with Crippen LogP contribution in [-0.2, 0) is 23.9 Å². The molecule has 3 rings (SSSR count). The summed E-state index contributed by atoms with van der Waals surface area (Å²) < 4.78 is 9.96. The molecule has 0 spiro atoms. The lowest BCUT2D eigenvalue weighted by atomic mass is 10.1. The molecule has 36 heavy (non-hydrogen) atoms. The first kappa shape index (κ1) is 26.9. The molecule has 12 heteroatoms. The second-order valence-electron chi connectivity index (χ2n) is 8.41. The first-order chi connectivity index (χ1) is 17.3. The molecule has 2 aliphatic rings. The van der Waals surface area contributed by atoms with Crippen molar-refractivity contribution in [3.8, 4) is 0 Å². The summed E-state index contributed by atoms with van der Waals surface area (Å²) in [7, 11) is 0. The van der Waals surface area contributed by atoms with Crippen LogP contribution in [0.2, 0.25) is 0 Å². The Morgan fingerprint density at radius 3 is 2.28 bits per heavy atom. The fourth-order valence-electron chi connectivity index (χ4n) is 4.09. The molecule has 0 aliphatic carbocycles. The van der Waals surface area contributed by atoms with Crippen LogP contribution in [0.1, 0.15) is 30.6 Å². The highest BCUT2D eigenvalue weighted by molar-refractivity contribution is 5.98. The highest BCUT2D eigenvalue weighted by Crippen LogP contribution is 2.15. The van der Waals surface area contributed by atoms with Gasteiger partial charge < -0.3 is 29.9 Å². The van der Waals surface area contributed by atoms with Gasteiger partial charge in [-0.15, -0.1) is 0 Å². The maximum absolute atomic E-state index is 13.1. The third-order valence-electron chi connectivity index (χ3n) is 5.97. The zero-order chi connectivity index (χ0) is 26.1. The number of carbonyl (C=O) groups excluding carboxylic acids is 5. The van der Waals surface area contributed by atoms with Crippen LogP contribution in [0.25, 0.3) is 0 Å². The molecule has 12 nitrogen and oxygen atoms in total. The van der Waals surface area contributed by atoms with Gasteiger partial charge in [-0.2, -0.15) is 0 Å².